The van der Waals surface area contributed by atoms with Gasteiger partial charge in [0.05, 0.1) is 4.92 Å². The van der Waals surface area contributed by atoms with Crippen LogP contribution in [0, 0.1) is 10.1 Å². The van der Waals surface area contributed by atoms with Gasteiger partial charge >= 0.3 is 0 Å². The van der Waals surface area contributed by atoms with Crippen LogP contribution in [0.2, 0.25) is 0 Å². The van der Waals surface area contributed by atoms with E-state index in [1.807, 2.05) is 26.2 Å². The van der Waals surface area contributed by atoms with Crippen molar-refractivity contribution < 1.29 is 14.5 Å². The van der Waals surface area contributed by atoms with Crippen molar-refractivity contribution in [1.29, 1.82) is 0 Å². The molecular formula is C19H20N2O4. The number of benzene rings is 2. The van der Waals surface area contributed by atoms with Crippen LogP contribution in [-0.2, 0) is 0 Å². The Morgan fingerprint density at radius 2 is 1.60 bits per heavy atom. The highest BCUT2D eigenvalue weighted by molar-refractivity contribution is 6.09. The zero-order valence-corrected chi connectivity index (χ0v) is 14.2. The molecule has 0 N–H and O–H groups in total. The molecule has 0 atom stereocenters. The van der Waals surface area contributed by atoms with E-state index in [2.05, 4.69) is 4.90 Å². The number of likely N-dealkylation sites (N-methyl/N-ethyl adjacent to an activating group) is 1. The largest absolute Gasteiger partial charge is 0.490 e. The van der Waals surface area contributed by atoms with E-state index in [1.165, 1.54) is 24.3 Å². The maximum Gasteiger partial charge on any atom is 0.269 e. The van der Waals surface area contributed by atoms with Gasteiger partial charge in [0.1, 0.15) is 12.4 Å². The normalized spacial score (nSPS) is 11.0. The molecular weight excluding hydrogens is 320 g/mol. The second kappa shape index (κ2) is 8.75. The number of ether oxygens (including phenoxy) is 1. The van der Waals surface area contributed by atoms with Gasteiger partial charge in [-0.2, -0.15) is 0 Å². The first-order chi connectivity index (χ1) is 12.0. The van der Waals surface area contributed by atoms with Gasteiger partial charge in [0.15, 0.2) is 5.78 Å². The molecule has 0 aliphatic heterocycles. The lowest BCUT2D eigenvalue weighted by Crippen LogP contribution is -2.10. The second-order valence-electron chi connectivity index (χ2n) is 5.70. The first-order valence-corrected chi connectivity index (χ1v) is 7.79. The maximum absolute atomic E-state index is 12.4. The van der Waals surface area contributed by atoms with Gasteiger partial charge in [-0.15, -0.1) is 0 Å². The molecule has 0 saturated carbocycles. The first-order valence-electron chi connectivity index (χ1n) is 7.79. The van der Waals surface area contributed by atoms with Crippen LogP contribution in [0.15, 0.2) is 60.7 Å². The Kier molecular flexibility index (Phi) is 6.42. The van der Waals surface area contributed by atoms with Crippen LogP contribution >= 0.6 is 0 Å². The number of rotatable bonds is 8. The molecule has 0 saturated heterocycles. The molecule has 0 aromatic heterocycles. The molecule has 2 aromatic carbocycles. The lowest BCUT2D eigenvalue weighted by atomic mass is 10.0. The molecule has 0 amide bonds. The average Bonchev–Trinajstić information content (AvgIpc) is 2.61. The number of carbonyl (C=O) groups is 1. The Bertz CT molecular complexity index is 750. The molecule has 2 rings (SSSR count). The van der Waals surface area contributed by atoms with Crippen molar-refractivity contribution >= 4 is 11.5 Å². The summed E-state index contributed by atoms with van der Waals surface area (Å²) >= 11 is 0. The molecule has 6 heteroatoms. The van der Waals surface area contributed by atoms with E-state index < -0.39 is 4.92 Å². The molecule has 0 spiro atoms. The topological polar surface area (TPSA) is 72.7 Å². The van der Waals surface area contributed by atoms with E-state index >= 15 is 0 Å². The van der Waals surface area contributed by atoms with Crippen molar-refractivity contribution in [2.75, 3.05) is 27.2 Å². The number of nitro groups is 1. The van der Waals surface area contributed by atoms with Gasteiger partial charge in [-0.3, -0.25) is 14.9 Å². The Hall–Kier alpha value is -2.99. The first kappa shape index (κ1) is 18.4. The molecule has 0 unspecified atom stereocenters. The van der Waals surface area contributed by atoms with Crippen LogP contribution in [0.4, 0.5) is 5.69 Å². The highest BCUT2D eigenvalue weighted by Gasteiger charge is 2.11. The highest BCUT2D eigenvalue weighted by Crippen LogP contribution is 2.18. The van der Waals surface area contributed by atoms with Gasteiger partial charge in [0, 0.05) is 29.8 Å². The maximum atomic E-state index is 12.4. The van der Waals surface area contributed by atoms with Crippen molar-refractivity contribution in [3.63, 3.8) is 0 Å². The standard InChI is InChI=1S/C19H20N2O4/c1-20(2)13-3-4-14-25-18-11-7-16(8-12-18)19(22)15-5-9-17(10-6-15)21(23)24/h3-12H,13-14H2,1-2H3/b4-3+. The number of nitro benzene ring substituents is 1. The number of non-ortho nitro benzene ring substituents is 1. The third kappa shape index (κ3) is 5.54. The Morgan fingerprint density at radius 1 is 1.04 bits per heavy atom. The van der Waals surface area contributed by atoms with E-state index in [0.717, 1.165) is 6.54 Å². The van der Waals surface area contributed by atoms with Gasteiger partial charge in [-0.05, 0) is 50.5 Å². The SMILES string of the molecule is CN(C)C/C=C/COc1ccc(C(=O)c2ccc([N+](=O)[O-])cc2)cc1. The Labute approximate surface area is 146 Å². The van der Waals surface area contributed by atoms with Crippen LogP contribution in [0.5, 0.6) is 5.75 Å². The molecule has 6 nitrogen and oxygen atoms in total. The van der Waals surface area contributed by atoms with Crippen LogP contribution in [-0.4, -0.2) is 42.9 Å². The monoisotopic (exact) mass is 340 g/mol. The molecule has 0 heterocycles. The minimum atomic E-state index is -0.493. The smallest absolute Gasteiger partial charge is 0.269 e. The molecule has 0 fully saturated rings. The van der Waals surface area contributed by atoms with Crippen LogP contribution < -0.4 is 4.74 Å². The quantitative estimate of drug-likeness (QED) is 0.319. The fourth-order valence-corrected chi connectivity index (χ4v) is 2.10. The lowest BCUT2D eigenvalue weighted by molar-refractivity contribution is -0.384. The summed E-state index contributed by atoms with van der Waals surface area (Å²) in [6.07, 6.45) is 3.96. The minimum absolute atomic E-state index is 0.0392. The number of carbonyl (C=O) groups excluding carboxylic acids is 1. The molecule has 0 bridgehead atoms. The summed E-state index contributed by atoms with van der Waals surface area (Å²) in [6.45, 7) is 1.32. The van der Waals surface area contributed by atoms with Crippen LogP contribution in [0.25, 0.3) is 0 Å². The summed E-state index contributed by atoms with van der Waals surface area (Å²) in [5.74, 6) is 0.488. The number of ketones is 1. The lowest BCUT2D eigenvalue weighted by Gasteiger charge is -2.06. The molecule has 0 aliphatic rings. The van der Waals surface area contributed by atoms with Gasteiger partial charge in [-0.1, -0.05) is 12.2 Å². The number of hydrogen-bond acceptors (Lipinski definition) is 5. The molecule has 0 radical (unpaired) electrons. The third-order valence-electron chi connectivity index (χ3n) is 3.44. The fourth-order valence-electron chi connectivity index (χ4n) is 2.10. The molecule has 130 valence electrons. The summed E-state index contributed by atoms with van der Waals surface area (Å²) < 4.78 is 5.58. The van der Waals surface area contributed by atoms with Crippen molar-refractivity contribution in [3.05, 3.63) is 81.9 Å². The Morgan fingerprint density at radius 3 is 2.12 bits per heavy atom. The van der Waals surface area contributed by atoms with E-state index in [0.29, 0.717) is 23.5 Å². The highest BCUT2D eigenvalue weighted by atomic mass is 16.6. The number of nitrogens with zero attached hydrogens (tertiary/aromatic N) is 2. The van der Waals surface area contributed by atoms with Crippen molar-refractivity contribution in [3.8, 4) is 5.75 Å². The summed E-state index contributed by atoms with van der Waals surface area (Å²) in [7, 11) is 3.98. The summed E-state index contributed by atoms with van der Waals surface area (Å²) in [6, 6.07) is 12.4. The zero-order valence-electron chi connectivity index (χ0n) is 14.2. The van der Waals surface area contributed by atoms with Gasteiger partial charge in [-0.25, -0.2) is 0 Å². The molecule has 0 aliphatic carbocycles. The van der Waals surface area contributed by atoms with E-state index in [-0.39, 0.29) is 11.5 Å². The third-order valence-corrected chi connectivity index (χ3v) is 3.44. The molecule has 2 aromatic rings. The number of hydrogen-bond donors (Lipinski definition) is 0. The summed E-state index contributed by atoms with van der Waals surface area (Å²) in [5, 5.41) is 10.6. The van der Waals surface area contributed by atoms with Gasteiger partial charge in [0.25, 0.3) is 5.69 Å². The minimum Gasteiger partial charge on any atom is -0.490 e. The Balaban J connectivity index is 1.95. The van der Waals surface area contributed by atoms with Crippen LogP contribution in [0.1, 0.15) is 15.9 Å². The van der Waals surface area contributed by atoms with E-state index in [9.17, 15) is 14.9 Å². The predicted octanol–water partition coefficient (Wildman–Crippen LogP) is 3.32. The van der Waals surface area contributed by atoms with Crippen molar-refractivity contribution in [1.82, 2.24) is 4.90 Å². The molecule has 25 heavy (non-hydrogen) atoms. The van der Waals surface area contributed by atoms with Gasteiger partial charge in [0.2, 0.25) is 0 Å². The summed E-state index contributed by atoms with van der Waals surface area (Å²) in [4.78, 5) is 24.6. The average molecular weight is 340 g/mol. The zero-order chi connectivity index (χ0) is 18.2. The van der Waals surface area contributed by atoms with Crippen molar-refractivity contribution in [2.45, 2.75) is 0 Å². The second-order valence-corrected chi connectivity index (χ2v) is 5.70. The fraction of sp³-hybridized carbons (Fsp3) is 0.211. The van der Waals surface area contributed by atoms with Crippen molar-refractivity contribution in [2.24, 2.45) is 0 Å². The van der Waals surface area contributed by atoms with E-state index in [4.69, 9.17) is 4.74 Å². The van der Waals surface area contributed by atoms with E-state index in [1.54, 1.807) is 24.3 Å². The summed E-state index contributed by atoms with van der Waals surface area (Å²) in [5.41, 5.74) is 0.873. The predicted molar refractivity (Wildman–Crippen MR) is 96.2 cm³/mol. The van der Waals surface area contributed by atoms with Crippen LogP contribution in [0.3, 0.4) is 0 Å². The van der Waals surface area contributed by atoms with Gasteiger partial charge < -0.3 is 9.64 Å².